The first-order valence-corrected chi connectivity index (χ1v) is 16.8. The van der Waals surface area contributed by atoms with Crippen LogP contribution in [0.25, 0.3) is 10.9 Å². The molecule has 228 valence electrons. The average molecular weight is 621 g/mol. The molecular weight excluding hydrogens is 584 g/mol. The predicted molar refractivity (Wildman–Crippen MR) is 156 cm³/mol. The molecule has 0 bridgehead atoms. The number of nitrogens with one attached hydrogen (secondary N) is 1. The molecule has 2 saturated heterocycles. The van der Waals surface area contributed by atoms with Crippen LogP contribution in [-0.2, 0) is 31.3 Å². The monoisotopic (exact) mass is 620 g/mol. The van der Waals surface area contributed by atoms with Crippen LogP contribution in [0.2, 0.25) is 0 Å². The first-order valence-electron chi connectivity index (χ1n) is 13.9. The van der Waals surface area contributed by atoms with E-state index in [2.05, 4.69) is 5.32 Å². The largest absolute Gasteiger partial charge is 0.491 e. The number of fused-ring (bicyclic) bond motifs is 1. The molecule has 1 aromatic heterocycles. The Bertz CT molecular complexity index is 1720. The van der Waals surface area contributed by atoms with Crippen molar-refractivity contribution in [1.29, 1.82) is 0 Å². The third kappa shape index (κ3) is 6.39. The van der Waals surface area contributed by atoms with E-state index in [0.717, 1.165) is 0 Å². The maximum atomic E-state index is 13.6. The SMILES string of the molecule is CCn1cc(S(=O)(=O)N2CCC3(CC2)C[C@@H](NCC(O)COc2cccc(S(N)(=O)=O)c2)CO3)c(=O)c2ccccc21. The molecule has 0 saturated carbocycles. The van der Waals surface area contributed by atoms with Gasteiger partial charge < -0.3 is 24.5 Å². The van der Waals surface area contributed by atoms with E-state index in [0.29, 0.717) is 43.3 Å². The molecule has 2 atom stereocenters. The number of nitrogens with two attached hydrogens (primary N) is 1. The van der Waals surface area contributed by atoms with E-state index in [1.165, 1.54) is 28.7 Å². The van der Waals surface area contributed by atoms with Crippen molar-refractivity contribution in [2.75, 3.05) is 32.8 Å². The van der Waals surface area contributed by atoms with Gasteiger partial charge in [0.15, 0.2) is 0 Å². The van der Waals surface area contributed by atoms with Gasteiger partial charge in [0.25, 0.3) is 0 Å². The van der Waals surface area contributed by atoms with Gasteiger partial charge in [-0.1, -0.05) is 18.2 Å². The van der Waals surface area contributed by atoms with Crippen molar-refractivity contribution < 1.29 is 31.4 Å². The molecule has 12 nitrogen and oxygen atoms in total. The van der Waals surface area contributed by atoms with E-state index in [1.54, 1.807) is 22.8 Å². The number of aliphatic hydroxyl groups is 1. The summed E-state index contributed by atoms with van der Waals surface area (Å²) in [5, 5.41) is 19.2. The van der Waals surface area contributed by atoms with Crippen molar-refractivity contribution in [2.45, 2.75) is 60.3 Å². The Morgan fingerprint density at radius 3 is 2.60 bits per heavy atom. The van der Waals surface area contributed by atoms with Crippen LogP contribution in [0.15, 0.2) is 69.3 Å². The van der Waals surface area contributed by atoms with Gasteiger partial charge in [0.05, 0.1) is 22.6 Å². The van der Waals surface area contributed by atoms with E-state index >= 15 is 0 Å². The number of nitrogens with zero attached hydrogens (tertiary/aromatic N) is 2. The molecule has 0 aliphatic carbocycles. The van der Waals surface area contributed by atoms with Gasteiger partial charge in [0, 0.05) is 49.9 Å². The van der Waals surface area contributed by atoms with Crippen LogP contribution in [0.5, 0.6) is 5.75 Å². The average Bonchev–Trinajstić information content (AvgIpc) is 3.37. The third-order valence-corrected chi connectivity index (χ3v) is 10.8. The Balaban J connectivity index is 1.15. The van der Waals surface area contributed by atoms with Gasteiger partial charge in [-0.05, 0) is 50.5 Å². The molecule has 3 aromatic rings. The number of aromatic nitrogens is 1. The van der Waals surface area contributed by atoms with Crippen LogP contribution in [0, 0.1) is 0 Å². The number of hydrogen-bond acceptors (Lipinski definition) is 9. The molecule has 42 heavy (non-hydrogen) atoms. The van der Waals surface area contributed by atoms with Gasteiger partial charge in [0.1, 0.15) is 23.4 Å². The van der Waals surface area contributed by atoms with Crippen LogP contribution in [0.1, 0.15) is 26.2 Å². The number of pyridine rings is 1. The van der Waals surface area contributed by atoms with Crippen LogP contribution >= 0.6 is 0 Å². The number of aryl methyl sites for hydroxylation is 1. The van der Waals surface area contributed by atoms with Crippen LogP contribution in [0.4, 0.5) is 0 Å². The highest BCUT2D eigenvalue weighted by Gasteiger charge is 2.45. The van der Waals surface area contributed by atoms with Gasteiger partial charge >= 0.3 is 0 Å². The predicted octanol–water partition coefficient (Wildman–Crippen LogP) is 1.01. The second-order valence-corrected chi connectivity index (χ2v) is 14.3. The fraction of sp³-hybridized carbons (Fsp3) is 0.464. The van der Waals surface area contributed by atoms with Gasteiger partial charge in [-0.25, -0.2) is 22.0 Å². The number of aliphatic hydroxyl groups excluding tert-OH is 1. The number of sulfonamides is 2. The summed E-state index contributed by atoms with van der Waals surface area (Å²) in [5.74, 6) is 0.280. The number of para-hydroxylation sites is 1. The molecule has 2 fully saturated rings. The number of ether oxygens (including phenoxy) is 2. The fourth-order valence-corrected chi connectivity index (χ4v) is 7.75. The summed E-state index contributed by atoms with van der Waals surface area (Å²) in [4.78, 5) is 12.9. The molecule has 2 aliphatic rings. The van der Waals surface area contributed by atoms with Crippen molar-refractivity contribution in [2.24, 2.45) is 5.14 Å². The minimum Gasteiger partial charge on any atom is -0.491 e. The molecule has 2 aliphatic heterocycles. The quantitative estimate of drug-likeness (QED) is 0.299. The lowest BCUT2D eigenvalue weighted by Gasteiger charge is -2.38. The topological polar surface area (TPSA) is 170 Å². The molecule has 0 amide bonds. The lowest BCUT2D eigenvalue weighted by atomic mass is 9.88. The van der Waals surface area contributed by atoms with Crippen molar-refractivity contribution in [3.8, 4) is 5.75 Å². The van der Waals surface area contributed by atoms with Crippen LogP contribution in [-0.4, -0.2) is 81.4 Å². The number of primary sulfonamides is 1. The fourth-order valence-electron chi connectivity index (χ4n) is 5.66. The second kappa shape index (κ2) is 12.0. The normalized spacial score (nSPS) is 20.2. The molecule has 1 spiro atoms. The molecule has 0 radical (unpaired) electrons. The van der Waals surface area contributed by atoms with Crippen molar-refractivity contribution in [3.63, 3.8) is 0 Å². The first-order chi connectivity index (χ1) is 19.9. The van der Waals surface area contributed by atoms with Crippen LogP contribution < -0.4 is 20.6 Å². The Labute approximate surface area is 245 Å². The smallest absolute Gasteiger partial charge is 0.248 e. The zero-order valence-electron chi connectivity index (χ0n) is 23.3. The number of benzene rings is 2. The molecule has 1 unspecified atom stereocenters. The van der Waals surface area contributed by atoms with Crippen molar-refractivity contribution in [3.05, 3.63) is 65.0 Å². The lowest BCUT2D eigenvalue weighted by molar-refractivity contribution is -0.0312. The summed E-state index contributed by atoms with van der Waals surface area (Å²) in [5.41, 5.74) is -0.268. The summed E-state index contributed by atoms with van der Waals surface area (Å²) in [6.07, 6.45) is 2.23. The van der Waals surface area contributed by atoms with E-state index < -0.39 is 37.2 Å². The minimum absolute atomic E-state index is 0.0363. The molecule has 5 rings (SSSR count). The van der Waals surface area contributed by atoms with E-state index in [9.17, 15) is 26.7 Å². The van der Waals surface area contributed by atoms with Gasteiger partial charge in [0.2, 0.25) is 25.5 Å². The summed E-state index contributed by atoms with van der Waals surface area (Å²) < 4.78 is 65.0. The maximum Gasteiger partial charge on any atom is 0.248 e. The molecule has 14 heteroatoms. The Hall–Kier alpha value is -2.85. The molecule has 4 N–H and O–H groups in total. The number of piperidine rings is 1. The first kappa shape index (κ1) is 30.6. The Morgan fingerprint density at radius 1 is 1.14 bits per heavy atom. The van der Waals surface area contributed by atoms with Crippen molar-refractivity contribution >= 4 is 30.9 Å². The van der Waals surface area contributed by atoms with Gasteiger partial charge in [-0.15, -0.1) is 0 Å². The maximum absolute atomic E-state index is 13.6. The standard InChI is InChI=1S/C28H36N4O8S2/c1-2-31-17-26(27(34)24-8-3-4-9-25(24)31)42(37,38)32-12-10-28(11-13-32)15-20(18-40-28)30-16-21(33)19-39-22-6-5-7-23(14-22)41(29,35)36/h3-9,14,17,20-21,30,33H,2,10-13,15-16,18-19H2,1H3,(H2,29,35,36)/t20-,21?/m1/s1. The summed E-state index contributed by atoms with van der Waals surface area (Å²) in [7, 11) is -7.85. The second-order valence-electron chi connectivity index (χ2n) is 10.8. The molecule has 3 heterocycles. The highest BCUT2D eigenvalue weighted by molar-refractivity contribution is 7.89. The lowest BCUT2D eigenvalue weighted by Crippen LogP contribution is -2.47. The third-order valence-electron chi connectivity index (χ3n) is 7.97. The van der Waals surface area contributed by atoms with E-state index in [-0.39, 0.29) is 47.8 Å². The minimum atomic E-state index is -4.00. The summed E-state index contributed by atoms with van der Waals surface area (Å²) in [6.45, 7) is 3.50. The molecular formula is C28H36N4O8S2. The molecule has 2 aromatic carbocycles. The van der Waals surface area contributed by atoms with Crippen LogP contribution in [0.3, 0.4) is 0 Å². The zero-order valence-corrected chi connectivity index (χ0v) is 24.9. The zero-order chi connectivity index (χ0) is 30.1. The Morgan fingerprint density at radius 2 is 1.88 bits per heavy atom. The summed E-state index contributed by atoms with van der Waals surface area (Å²) >= 11 is 0. The highest BCUT2D eigenvalue weighted by atomic mass is 32.2. The van der Waals surface area contributed by atoms with Crippen molar-refractivity contribution in [1.82, 2.24) is 14.2 Å². The van der Waals surface area contributed by atoms with Gasteiger partial charge in [-0.3, -0.25) is 4.79 Å². The Kier molecular flexibility index (Phi) is 8.77. The van der Waals surface area contributed by atoms with Gasteiger partial charge in [-0.2, -0.15) is 4.31 Å². The number of rotatable bonds is 10. The summed E-state index contributed by atoms with van der Waals surface area (Å²) in [6, 6.07) is 12.7. The van der Waals surface area contributed by atoms with E-state index in [1.807, 2.05) is 19.1 Å². The highest BCUT2D eigenvalue weighted by Crippen LogP contribution is 2.37. The van der Waals surface area contributed by atoms with E-state index in [4.69, 9.17) is 14.6 Å². The number of hydrogen-bond donors (Lipinski definition) is 3.